The number of amides is 1. The van der Waals surface area contributed by atoms with Crippen LogP contribution in [0, 0.1) is 0 Å². The smallest absolute Gasteiger partial charge is 0.258 e. The highest BCUT2D eigenvalue weighted by molar-refractivity contribution is 5.78. The minimum Gasteiger partial charge on any atom is -0.483 e. The Morgan fingerprint density at radius 2 is 1.67 bits per heavy atom. The molecule has 2 unspecified atom stereocenters. The lowest BCUT2D eigenvalue weighted by Crippen LogP contribution is -2.32. The molecule has 1 amide bonds. The van der Waals surface area contributed by atoms with E-state index in [1.165, 1.54) is 0 Å². The van der Waals surface area contributed by atoms with E-state index in [1.807, 2.05) is 48.5 Å². The van der Waals surface area contributed by atoms with Crippen molar-refractivity contribution in [1.82, 2.24) is 5.32 Å². The van der Waals surface area contributed by atoms with Crippen LogP contribution in [0.1, 0.15) is 56.7 Å². The molecule has 3 heteroatoms. The van der Waals surface area contributed by atoms with Crippen LogP contribution >= 0.6 is 0 Å². The molecule has 3 nitrogen and oxygen atoms in total. The van der Waals surface area contributed by atoms with Gasteiger partial charge in [0.25, 0.3) is 5.91 Å². The van der Waals surface area contributed by atoms with Gasteiger partial charge in [-0.25, -0.2) is 0 Å². The Balaban J connectivity index is 1.96. The molecule has 0 aliphatic heterocycles. The quantitative estimate of drug-likeness (QED) is 0.753. The van der Waals surface area contributed by atoms with Crippen LogP contribution in [0.4, 0.5) is 0 Å². The summed E-state index contributed by atoms with van der Waals surface area (Å²) in [5.74, 6) is 1.12. The number of benzene rings is 2. The first-order chi connectivity index (χ1) is 11.7. The number of ether oxygens (including phenoxy) is 1. The van der Waals surface area contributed by atoms with Crippen molar-refractivity contribution in [3.8, 4) is 5.75 Å². The topological polar surface area (TPSA) is 38.3 Å². The monoisotopic (exact) mass is 325 g/mol. The van der Waals surface area contributed by atoms with E-state index in [2.05, 4.69) is 32.2 Å². The van der Waals surface area contributed by atoms with E-state index in [9.17, 15) is 4.79 Å². The molecule has 2 atom stereocenters. The molecule has 0 saturated heterocycles. The van der Waals surface area contributed by atoms with Crippen LogP contribution in [0.2, 0.25) is 0 Å². The van der Waals surface area contributed by atoms with Crippen LogP contribution in [0.3, 0.4) is 0 Å². The fourth-order valence-corrected chi connectivity index (χ4v) is 2.72. The molecule has 2 aromatic carbocycles. The molecule has 0 radical (unpaired) electrons. The van der Waals surface area contributed by atoms with E-state index in [1.54, 1.807) is 0 Å². The largest absolute Gasteiger partial charge is 0.483 e. The van der Waals surface area contributed by atoms with Gasteiger partial charge in [-0.3, -0.25) is 4.79 Å². The second-order valence-corrected chi connectivity index (χ2v) is 6.07. The maximum Gasteiger partial charge on any atom is 0.258 e. The Kier molecular flexibility index (Phi) is 6.86. The van der Waals surface area contributed by atoms with Crippen molar-refractivity contribution in [1.29, 1.82) is 0 Å². The normalized spacial score (nSPS) is 13.1. The van der Waals surface area contributed by atoms with E-state index < -0.39 is 0 Å². The van der Waals surface area contributed by atoms with Crippen LogP contribution in [-0.2, 0) is 4.79 Å². The van der Waals surface area contributed by atoms with E-state index in [4.69, 9.17) is 4.74 Å². The van der Waals surface area contributed by atoms with E-state index in [0.717, 1.165) is 29.7 Å². The molecule has 2 aromatic rings. The fourth-order valence-electron chi connectivity index (χ4n) is 2.72. The predicted octanol–water partition coefficient (Wildman–Crippen LogP) is 4.85. The van der Waals surface area contributed by atoms with Crippen LogP contribution in [-0.4, -0.2) is 12.5 Å². The molecule has 0 aromatic heterocycles. The Labute approximate surface area is 145 Å². The van der Waals surface area contributed by atoms with Gasteiger partial charge in [0.05, 0.1) is 6.04 Å². The van der Waals surface area contributed by atoms with Gasteiger partial charge < -0.3 is 10.1 Å². The summed E-state index contributed by atoms with van der Waals surface area (Å²) in [6, 6.07) is 18.0. The Hall–Kier alpha value is -2.29. The van der Waals surface area contributed by atoms with E-state index in [0.29, 0.717) is 5.92 Å². The van der Waals surface area contributed by atoms with Crippen molar-refractivity contribution in [2.45, 2.75) is 45.6 Å². The number of hydrogen-bond donors (Lipinski definition) is 1. The maximum absolute atomic E-state index is 12.3. The zero-order valence-electron chi connectivity index (χ0n) is 14.8. The van der Waals surface area contributed by atoms with Gasteiger partial charge in [-0.15, -0.1) is 0 Å². The molecule has 24 heavy (non-hydrogen) atoms. The van der Waals surface area contributed by atoms with Gasteiger partial charge in [0.15, 0.2) is 6.61 Å². The standard InChI is InChI=1S/C21H27NO2/c1-4-16(3)18-13-9-10-14-20(18)24-15-21(23)22-19(5-2)17-11-7-6-8-12-17/h6-14,16,19H,4-5,15H2,1-3H3,(H,22,23). The van der Waals surface area contributed by atoms with Gasteiger partial charge >= 0.3 is 0 Å². The summed E-state index contributed by atoms with van der Waals surface area (Å²) in [5, 5.41) is 3.05. The average Bonchev–Trinajstić information content (AvgIpc) is 2.64. The SMILES string of the molecule is CCC(C)c1ccccc1OCC(=O)NC(CC)c1ccccc1. The van der Waals surface area contributed by atoms with Crippen molar-refractivity contribution in [3.63, 3.8) is 0 Å². The first-order valence-electron chi connectivity index (χ1n) is 8.71. The highest BCUT2D eigenvalue weighted by atomic mass is 16.5. The summed E-state index contributed by atoms with van der Waals surface area (Å²) >= 11 is 0. The van der Waals surface area contributed by atoms with Gasteiger partial charge in [0.2, 0.25) is 0 Å². The lowest BCUT2D eigenvalue weighted by Gasteiger charge is -2.19. The number of carbonyl (C=O) groups is 1. The third kappa shape index (κ3) is 4.85. The predicted molar refractivity (Wildman–Crippen MR) is 98.3 cm³/mol. The molecular formula is C21H27NO2. The summed E-state index contributed by atoms with van der Waals surface area (Å²) in [4.78, 5) is 12.3. The number of carbonyl (C=O) groups excluding carboxylic acids is 1. The zero-order valence-corrected chi connectivity index (χ0v) is 14.8. The third-order valence-corrected chi connectivity index (χ3v) is 4.37. The van der Waals surface area contributed by atoms with Crippen molar-refractivity contribution < 1.29 is 9.53 Å². The van der Waals surface area contributed by atoms with Crippen molar-refractivity contribution in [2.75, 3.05) is 6.61 Å². The third-order valence-electron chi connectivity index (χ3n) is 4.37. The average molecular weight is 325 g/mol. The van der Waals surface area contributed by atoms with E-state index in [-0.39, 0.29) is 18.6 Å². The number of nitrogens with one attached hydrogen (secondary N) is 1. The highest BCUT2D eigenvalue weighted by Gasteiger charge is 2.14. The van der Waals surface area contributed by atoms with Crippen LogP contribution in [0.15, 0.2) is 54.6 Å². The Morgan fingerprint density at radius 3 is 2.33 bits per heavy atom. The molecular weight excluding hydrogens is 298 g/mol. The first-order valence-corrected chi connectivity index (χ1v) is 8.71. The molecule has 0 saturated carbocycles. The lowest BCUT2D eigenvalue weighted by atomic mass is 9.98. The van der Waals surface area contributed by atoms with Crippen LogP contribution in [0.25, 0.3) is 0 Å². The summed E-state index contributed by atoms with van der Waals surface area (Å²) in [5.41, 5.74) is 2.27. The molecule has 0 aliphatic rings. The molecule has 0 bridgehead atoms. The summed E-state index contributed by atoms with van der Waals surface area (Å²) in [6.07, 6.45) is 1.89. The maximum atomic E-state index is 12.3. The van der Waals surface area contributed by atoms with Crippen LogP contribution < -0.4 is 10.1 Å². The number of para-hydroxylation sites is 1. The molecule has 1 N–H and O–H groups in total. The first kappa shape index (κ1) is 18.1. The second kappa shape index (κ2) is 9.11. The molecule has 0 aliphatic carbocycles. The highest BCUT2D eigenvalue weighted by Crippen LogP contribution is 2.28. The van der Waals surface area contributed by atoms with Gasteiger partial charge in [-0.05, 0) is 36.0 Å². The van der Waals surface area contributed by atoms with Crippen molar-refractivity contribution in [2.24, 2.45) is 0 Å². The molecule has 2 rings (SSSR count). The summed E-state index contributed by atoms with van der Waals surface area (Å²) in [6.45, 7) is 6.43. The Bertz CT molecular complexity index is 639. The van der Waals surface area contributed by atoms with Gasteiger partial charge in [-0.1, -0.05) is 69.3 Å². The molecule has 0 spiro atoms. The van der Waals surface area contributed by atoms with Gasteiger partial charge in [0, 0.05) is 0 Å². The fraction of sp³-hybridized carbons (Fsp3) is 0.381. The summed E-state index contributed by atoms with van der Waals surface area (Å²) < 4.78 is 5.79. The minimum atomic E-state index is -0.0929. The van der Waals surface area contributed by atoms with Crippen LogP contribution in [0.5, 0.6) is 5.75 Å². The second-order valence-electron chi connectivity index (χ2n) is 6.07. The molecule has 128 valence electrons. The summed E-state index contributed by atoms with van der Waals surface area (Å²) in [7, 11) is 0. The number of rotatable bonds is 8. The van der Waals surface area contributed by atoms with Gasteiger partial charge in [-0.2, -0.15) is 0 Å². The molecule has 0 heterocycles. The van der Waals surface area contributed by atoms with Gasteiger partial charge in [0.1, 0.15) is 5.75 Å². The van der Waals surface area contributed by atoms with Crippen molar-refractivity contribution >= 4 is 5.91 Å². The zero-order chi connectivity index (χ0) is 17.4. The van der Waals surface area contributed by atoms with E-state index >= 15 is 0 Å². The molecule has 0 fully saturated rings. The minimum absolute atomic E-state index is 0.0205. The lowest BCUT2D eigenvalue weighted by molar-refractivity contribution is -0.123. The number of hydrogen-bond acceptors (Lipinski definition) is 2. The Morgan fingerprint density at radius 1 is 1.00 bits per heavy atom. The van der Waals surface area contributed by atoms with Crippen molar-refractivity contribution in [3.05, 3.63) is 65.7 Å².